The number of carbonyl (C=O) groups excluding carboxylic acids is 1. The third-order valence-corrected chi connectivity index (χ3v) is 5.14. The second kappa shape index (κ2) is 8.02. The number of likely N-dealkylation sites (tertiary alicyclic amines) is 1. The Balaban J connectivity index is 1.55. The van der Waals surface area contributed by atoms with Crippen molar-refractivity contribution in [3.63, 3.8) is 0 Å². The zero-order valence-electron chi connectivity index (χ0n) is 14.9. The Morgan fingerprint density at radius 3 is 2.40 bits per heavy atom. The number of rotatable bonds is 5. The molecule has 0 saturated carbocycles. The highest BCUT2D eigenvalue weighted by atomic mass is 35.5. The van der Waals surface area contributed by atoms with Crippen LogP contribution in [0.5, 0.6) is 0 Å². The molecule has 1 amide bonds. The minimum atomic E-state index is -0.187. The third kappa shape index (κ3) is 4.41. The van der Waals surface area contributed by atoms with Crippen LogP contribution in [0.4, 0.5) is 0 Å². The summed E-state index contributed by atoms with van der Waals surface area (Å²) in [4.78, 5) is 14.9. The van der Waals surface area contributed by atoms with Crippen molar-refractivity contribution < 1.29 is 4.79 Å². The average molecular weight is 361 g/mol. The fourth-order valence-electron chi connectivity index (χ4n) is 3.30. The number of hydrogen-bond donors (Lipinski definition) is 1. The van der Waals surface area contributed by atoms with Gasteiger partial charge in [0.2, 0.25) is 0 Å². The van der Waals surface area contributed by atoms with Crippen LogP contribution in [0.2, 0.25) is 5.15 Å². The van der Waals surface area contributed by atoms with Gasteiger partial charge in [-0.2, -0.15) is 5.10 Å². The average Bonchev–Trinajstić information content (AvgIpc) is 2.87. The van der Waals surface area contributed by atoms with Gasteiger partial charge < -0.3 is 5.32 Å². The minimum Gasteiger partial charge on any atom is -0.348 e. The minimum absolute atomic E-state index is 0.187. The molecule has 1 N–H and O–H groups in total. The summed E-state index contributed by atoms with van der Waals surface area (Å²) in [7, 11) is 1.73. The van der Waals surface area contributed by atoms with Gasteiger partial charge in [-0.1, -0.05) is 42.3 Å². The van der Waals surface area contributed by atoms with Gasteiger partial charge >= 0.3 is 0 Å². The first kappa shape index (κ1) is 18.0. The summed E-state index contributed by atoms with van der Waals surface area (Å²) in [5.74, 6) is -0.187. The monoisotopic (exact) mass is 360 g/mol. The molecule has 0 atom stereocenters. The molecule has 1 fully saturated rings. The van der Waals surface area contributed by atoms with Crippen LogP contribution in [0.3, 0.4) is 0 Å². The number of aromatic nitrogens is 2. The number of carbonyl (C=O) groups is 1. The fourth-order valence-corrected chi connectivity index (χ4v) is 3.56. The van der Waals surface area contributed by atoms with Crippen LogP contribution in [0.1, 0.15) is 46.4 Å². The second-order valence-electron chi connectivity index (χ2n) is 6.71. The van der Waals surface area contributed by atoms with E-state index in [0.29, 0.717) is 23.0 Å². The molecule has 0 spiro atoms. The fraction of sp³-hybridized carbons (Fsp3) is 0.474. The number of benzene rings is 1. The third-order valence-electron chi connectivity index (χ3n) is 4.71. The van der Waals surface area contributed by atoms with Crippen molar-refractivity contribution in [3.8, 4) is 0 Å². The first-order valence-electron chi connectivity index (χ1n) is 8.82. The molecule has 1 aliphatic heterocycles. The highest BCUT2D eigenvalue weighted by Crippen LogP contribution is 2.18. The van der Waals surface area contributed by atoms with E-state index < -0.39 is 0 Å². The van der Waals surface area contributed by atoms with E-state index in [1.807, 2.05) is 0 Å². The molecule has 0 bridgehead atoms. The SMILES string of the molecule is Cc1nn(C)c(Cl)c1C(=O)NCc1ccc(CN2CCCCC2)cc1. The molecule has 0 radical (unpaired) electrons. The highest BCUT2D eigenvalue weighted by molar-refractivity contribution is 6.33. The molecule has 1 aromatic carbocycles. The van der Waals surface area contributed by atoms with Crippen molar-refractivity contribution in [2.24, 2.45) is 7.05 Å². The van der Waals surface area contributed by atoms with Gasteiger partial charge in [0.05, 0.1) is 11.3 Å². The van der Waals surface area contributed by atoms with Crippen LogP contribution in [0.15, 0.2) is 24.3 Å². The number of hydrogen-bond acceptors (Lipinski definition) is 3. The smallest absolute Gasteiger partial charge is 0.256 e. The summed E-state index contributed by atoms with van der Waals surface area (Å²) in [6.07, 6.45) is 3.97. The molecule has 2 heterocycles. The number of aryl methyl sites for hydroxylation is 2. The topological polar surface area (TPSA) is 50.2 Å². The van der Waals surface area contributed by atoms with Gasteiger partial charge in [0.15, 0.2) is 0 Å². The lowest BCUT2D eigenvalue weighted by atomic mass is 10.1. The van der Waals surface area contributed by atoms with Crippen LogP contribution in [0.25, 0.3) is 0 Å². The van der Waals surface area contributed by atoms with Crippen molar-refractivity contribution in [1.29, 1.82) is 0 Å². The Kier molecular flexibility index (Phi) is 5.76. The standard InChI is InChI=1S/C19H25ClN4O/c1-14-17(18(20)23(2)22-14)19(25)21-12-15-6-8-16(9-7-15)13-24-10-4-3-5-11-24/h6-9H,3-5,10-13H2,1-2H3,(H,21,25). The first-order valence-corrected chi connectivity index (χ1v) is 9.20. The predicted molar refractivity (Wildman–Crippen MR) is 99.7 cm³/mol. The Morgan fingerprint density at radius 1 is 1.16 bits per heavy atom. The summed E-state index contributed by atoms with van der Waals surface area (Å²) < 4.78 is 1.52. The molecule has 3 rings (SSSR count). The number of amides is 1. The van der Waals surface area contributed by atoms with Crippen molar-refractivity contribution in [3.05, 3.63) is 51.8 Å². The number of nitrogens with one attached hydrogen (secondary N) is 1. The Morgan fingerprint density at radius 2 is 1.80 bits per heavy atom. The van der Waals surface area contributed by atoms with Crippen molar-refractivity contribution in [2.75, 3.05) is 13.1 Å². The molecule has 1 aliphatic rings. The molecular formula is C19H25ClN4O. The molecule has 5 nitrogen and oxygen atoms in total. The van der Waals surface area contributed by atoms with E-state index >= 15 is 0 Å². The number of nitrogens with zero attached hydrogens (tertiary/aromatic N) is 3. The summed E-state index contributed by atoms with van der Waals surface area (Å²) >= 11 is 6.14. The summed E-state index contributed by atoms with van der Waals surface area (Å²) in [6.45, 7) is 5.67. The molecular weight excluding hydrogens is 336 g/mol. The predicted octanol–water partition coefficient (Wildman–Crippen LogP) is 3.30. The molecule has 25 heavy (non-hydrogen) atoms. The molecule has 2 aromatic rings. The molecule has 0 unspecified atom stereocenters. The summed E-state index contributed by atoms with van der Waals surface area (Å²) in [5, 5.41) is 7.46. The van der Waals surface area contributed by atoms with E-state index in [1.54, 1.807) is 14.0 Å². The number of halogens is 1. The van der Waals surface area contributed by atoms with Crippen LogP contribution in [0, 0.1) is 6.92 Å². The van der Waals surface area contributed by atoms with Crippen LogP contribution in [-0.2, 0) is 20.1 Å². The lowest BCUT2D eigenvalue weighted by Gasteiger charge is -2.26. The van der Waals surface area contributed by atoms with Gasteiger partial charge in [0, 0.05) is 20.1 Å². The Hall–Kier alpha value is -1.85. The van der Waals surface area contributed by atoms with E-state index in [9.17, 15) is 4.79 Å². The van der Waals surface area contributed by atoms with E-state index in [-0.39, 0.29) is 5.91 Å². The Labute approximate surface area is 154 Å². The summed E-state index contributed by atoms with van der Waals surface area (Å²) in [5.41, 5.74) is 3.49. The van der Waals surface area contributed by atoms with Crippen LogP contribution < -0.4 is 5.32 Å². The Bertz CT molecular complexity index is 733. The molecule has 134 valence electrons. The largest absolute Gasteiger partial charge is 0.348 e. The van der Waals surface area contributed by atoms with E-state index in [0.717, 1.165) is 12.1 Å². The van der Waals surface area contributed by atoms with Gasteiger partial charge in [-0.15, -0.1) is 0 Å². The lowest BCUT2D eigenvalue weighted by molar-refractivity contribution is 0.0950. The van der Waals surface area contributed by atoms with Crippen LogP contribution in [-0.4, -0.2) is 33.7 Å². The lowest BCUT2D eigenvalue weighted by Crippen LogP contribution is -2.29. The van der Waals surface area contributed by atoms with Crippen molar-refractivity contribution in [2.45, 2.75) is 39.3 Å². The molecule has 6 heteroatoms. The molecule has 1 aromatic heterocycles. The highest BCUT2D eigenvalue weighted by Gasteiger charge is 2.18. The molecule has 1 saturated heterocycles. The van der Waals surface area contributed by atoms with Crippen molar-refractivity contribution >= 4 is 17.5 Å². The van der Waals surface area contributed by atoms with Gasteiger partial charge in [-0.3, -0.25) is 14.4 Å². The normalized spacial score (nSPS) is 15.3. The first-order chi connectivity index (χ1) is 12.0. The second-order valence-corrected chi connectivity index (χ2v) is 7.07. The quantitative estimate of drug-likeness (QED) is 0.890. The van der Waals surface area contributed by atoms with Gasteiger partial charge in [0.25, 0.3) is 5.91 Å². The summed E-state index contributed by atoms with van der Waals surface area (Å²) in [6, 6.07) is 8.46. The van der Waals surface area contributed by atoms with E-state index in [4.69, 9.17) is 11.6 Å². The van der Waals surface area contributed by atoms with Crippen LogP contribution >= 0.6 is 11.6 Å². The van der Waals surface area contributed by atoms with Gasteiger partial charge in [-0.25, -0.2) is 0 Å². The van der Waals surface area contributed by atoms with Crippen molar-refractivity contribution in [1.82, 2.24) is 20.0 Å². The zero-order valence-corrected chi connectivity index (χ0v) is 15.6. The maximum Gasteiger partial charge on any atom is 0.256 e. The zero-order chi connectivity index (χ0) is 17.8. The molecule has 0 aliphatic carbocycles. The van der Waals surface area contributed by atoms with E-state index in [1.165, 1.54) is 42.6 Å². The van der Waals surface area contributed by atoms with Gasteiger partial charge in [-0.05, 0) is 44.0 Å². The van der Waals surface area contributed by atoms with Gasteiger partial charge in [0.1, 0.15) is 5.15 Å². The maximum atomic E-state index is 12.3. The van der Waals surface area contributed by atoms with E-state index in [2.05, 4.69) is 39.6 Å². The maximum absolute atomic E-state index is 12.3. The number of piperidine rings is 1.